The molecule has 0 atom stereocenters. The average Bonchev–Trinajstić information content (AvgIpc) is 2.70. The predicted molar refractivity (Wildman–Crippen MR) is 109 cm³/mol. The minimum Gasteiger partial charge on any atom is -0.484 e. The molecular weight excluding hydrogens is 373 g/mol. The molecule has 6 nitrogen and oxygen atoms in total. The Hall–Kier alpha value is -2.93. The summed E-state index contributed by atoms with van der Waals surface area (Å²) in [5, 5.41) is 2.96. The summed E-state index contributed by atoms with van der Waals surface area (Å²) < 4.78 is 18.5. The summed E-state index contributed by atoms with van der Waals surface area (Å²) in [4.78, 5) is 28.4. The number of nitrogens with one attached hydrogen (secondary N) is 1. The van der Waals surface area contributed by atoms with Gasteiger partial charge in [0.1, 0.15) is 11.6 Å². The van der Waals surface area contributed by atoms with Gasteiger partial charge in [-0.1, -0.05) is 18.2 Å². The van der Waals surface area contributed by atoms with Gasteiger partial charge in [0.2, 0.25) is 5.91 Å². The summed E-state index contributed by atoms with van der Waals surface area (Å²) >= 11 is 0. The number of halogens is 1. The highest BCUT2D eigenvalue weighted by Gasteiger charge is 2.23. The molecule has 1 aliphatic heterocycles. The Labute approximate surface area is 170 Å². The zero-order chi connectivity index (χ0) is 20.8. The number of nitrogens with zero attached hydrogens (tertiary/aromatic N) is 2. The van der Waals surface area contributed by atoms with E-state index in [1.54, 1.807) is 11.0 Å². The molecule has 1 N–H and O–H groups in total. The van der Waals surface area contributed by atoms with Gasteiger partial charge < -0.3 is 15.0 Å². The third-order valence-electron chi connectivity index (χ3n) is 5.13. The third kappa shape index (κ3) is 5.77. The van der Waals surface area contributed by atoms with Crippen molar-refractivity contribution in [2.75, 3.05) is 44.6 Å². The third-order valence-corrected chi connectivity index (χ3v) is 5.13. The highest BCUT2D eigenvalue weighted by molar-refractivity contribution is 5.93. The Bertz CT molecular complexity index is 879. The predicted octanol–water partition coefficient (Wildman–Crippen LogP) is 2.60. The van der Waals surface area contributed by atoms with Crippen molar-refractivity contribution in [3.05, 3.63) is 59.4 Å². The Balaban J connectivity index is 1.42. The van der Waals surface area contributed by atoms with Crippen LogP contribution in [0.25, 0.3) is 0 Å². The van der Waals surface area contributed by atoms with Crippen molar-refractivity contribution in [2.24, 2.45) is 0 Å². The van der Waals surface area contributed by atoms with Crippen molar-refractivity contribution in [3.8, 4) is 5.75 Å². The maximum atomic E-state index is 13.2. The van der Waals surface area contributed by atoms with Gasteiger partial charge in [-0.3, -0.25) is 14.5 Å². The Kier molecular flexibility index (Phi) is 6.82. The summed E-state index contributed by atoms with van der Waals surface area (Å²) in [6.07, 6.45) is 0. The van der Waals surface area contributed by atoms with E-state index >= 15 is 0 Å². The topological polar surface area (TPSA) is 61.9 Å². The van der Waals surface area contributed by atoms with Gasteiger partial charge in [0.05, 0.1) is 6.54 Å². The first-order valence-corrected chi connectivity index (χ1v) is 9.67. The molecular formula is C22H26FN3O3. The van der Waals surface area contributed by atoms with Crippen LogP contribution in [0.15, 0.2) is 42.5 Å². The van der Waals surface area contributed by atoms with Crippen LogP contribution in [0.3, 0.4) is 0 Å². The number of piperazine rings is 1. The van der Waals surface area contributed by atoms with Crippen LogP contribution in [0.4, 0.5) is 10.1 Å². The number of carbonyl (C=O) groups excluding carboxylic acids is 2. The number of amides is 2. The number of hydrogen-bond acceptors (Lipinski definition) is 4. The van der Waals surface area contributed by atoms with Gasteiger partial charge in [-0.2, -0.15) is 0 Å². The summed E-state index contributed by atoms with van der Waals surface area (Å²) in [6, 6.07) is 11.6. The normalized spacial score (nSPS) is 14.5. The summed E-state index contributed by atoms with van der Waals surface area (Å²) in [7, 11) is 0. The molecule has 0 aliphatic carbocycles. The van der Waals surface area contributed by atoms with Gasteiger partial charge in [-0.05, 0) is 43.2 Å². The molecule has 0 bridgehead atoms. The Morgan fingerprint density at radius 1 is 1.07 bits per heavy atom. The summed E-state index contributed by atoms with van der Waals surface area (Å²) in [5.41, 5.74) is 3.03. The zero-order valence-electron chi connectivity index (χ0n) is 16.8. The molecule has 1 saturated heterocycles. The molecule has 1 fully saturated rings. The van der Waals surface area contributed by atoms with Crippen molar-refractivity contribution in [1.29, 1.82) is 0 Å². The van der Waals surface area contributed by atoms with Gasteiger partial charge in [0.25, 0.3) is 5.91 Å². The molecule has 2 aromatic carbocycles. The van der Waals surface area contributed by atoms with Crippen LogP contribution in [0.5, 0.6) is 5.75 Å². The molecule has 0 unspecified atom stereocenters. The number of carbonyl (C=O) groups is 2. The molecule has 0 aromatic heterocycles. The van der Waals surface area contributed by atoms with Crippen LogP contribution in [0.2, 0.25) is 0 Å². The SMILES string of the molecule is Cc1cccc(NC(=O)CN2CCN(C(=O)COc3cccc(F)c3)CC2)c1C. The van der Waals surface area contributed by atoms with Gasteiger partial charge in [-0.25, -0.2) is 4.39 Å². The number of rotatable bonds is 6. The number of ether oxygens (including phenoxy) is 1. The van der Waals surface area contributed by atoms with E-state index in [0.29, 0.717) is 31.9 Å². The van der Waals surface area contributed by atoms with Crippen LogP contribution < -0.4 is 10.1 Å². The summed E-state index contributed by atoms with van der Waals surface area (Å²) in [5.74, 6) is -0.274. The zero-order valence-corrected chi connectivity index (χ0v) is 16.8. The second kappa shape index (κ2) is 9.52. The number of anilines is 1. The monoisotopic (exact) mass is 399 g/mol. The fraction of sp³-hybridized carbons (Fsp3) is 0.364. The maximum Gasteiger partial charge on any atom is 0.260 e. The Morgan fingerprint density at radius 2 is 1.79 bits per heavy atom. The lowest BCUT2D eigenvalue weighted by atomic mass is 10.1. The van der Waals surface area contributed by atoms with Crippen LogP contribution in [0, 0.1) is 19.7 Å². The molecule has 0 spiro atoms. The molecule has 7 heteroatoms. The second-order valence-electron chi connectivity index (χ2n) is 7.20. The molecule has 29 heavy (non-hydrogen) atoms. The lowest BCUT2D eigenvalue weighted by molar-refractivity contribution is -0.135. The molecule has 0 radical (unpaired) electrons. The van der Waals surface area contributed by atoms with E-state index < -0.39 is 5.82 Å². The molecule has 154 valence electrons. The van der Waals surface area contributed by atoms with Crippen LogP contribution in [-0.4, -0.2) is 60.9 Å². The van der Waals surface area contributed by atoms with E-state index in [0.717, 1.165) is 16.8 Å². The first-order chi connectivity index (χ1) is 13.9. The molecule has 1 heterocycles. The molecule has 3 rings (SSSR count). The standard InChI is InChI=1S/C22H26FN3O3/c1-16-5-3-8-20(17(16)2)24-21(27)14-25-9-11-26(12-10-25)22(28)15-29-19-7-4-6-18(23)13-19/h3-8,13H,9-12,14-15H2,1-2H3,(H,24,27). The van der Waals surface area contributed by atoms with Gasteiger partial charge in [-0.15, -0.1) is 0 Å². The lowest BCUT2D eigenvalue weighted by Crippen LogP contribution is -2.51. The number of hydrogen-bond donors (Lipinski definition) is 1. The van der Waals surface area contributed by atoms with Crippen LogP contribution >= 0.6 is 0 Å². The molecule has 2 aromatic rings. The van der Waals surface area contributed by atoms with Crippen molar-refractivity contribution in [2.45, 2.75) is 13.8 Å². The highest BCUT2D eigenvalue weighted by atomic mass is 19.1. The van der Waals surface area contributed by atoms with E-state index in [9.17, 15) is 14.0 Å². The van der Waals surface area contributed by atoms with E-state index in [4.69, 9.17) is 4.74 Å². The molecule has 1 aliphatic rings. The van der Waals surface area contributed by atoms with Crippen molar-refractivity contribution in [1.82, 2.24) is 9.80 Å². The van der Waals surface area contributed by atoms with Gasteiger partial charge in [0, 0.05) is 37.9 Å². The minimum absolute atomic E-state index is 0.0621. The fourth-order valence-corrected chi connectivity index (χ4v) is 3.23. The van der Waals surface area contributed by atoms with Gasteiger partial charge in [0.15, 0.2) is 6.61 Å². The maximum absolute atomic E-state index is 13.2. The average molecular weight is 399 g/mol. The quantitative estimate of drug-likeness (QED) is 0.811. The lowest BCUT2D eigenvalue weighted by Gasteiger charge is -2.34. The van der Waals surface area contributed by atoms with Crippen LogP contribution in [0.1, 0.15) is 11.1 Å². The van der Waals surface area contributed by atoms with Crippen molar-refractivity contribution < 1.29 is 18.7 Å². The minimum atomic E-state index is -0.400. The first kappa shape index (κ1) is 20.8. The van der Waals surface area contributed by atoms with Crippen molar-refractivity contribution >= 4 is 17.5 Å². The summed E-state index contributed by atoms with van der Waals surface area (Å²) in [6.45, 7) is 6.45. The Morgan fingerprint density at radius 3 is 2.52 bits per heavy atom. The largest absolute Gasteiger partial charge is 0.484 e. The number of aryl methyl sites for hydroxylation is 1. The smallest absolute Gasteiger partial charge is 0.260 e. The van der Waals surface area contributed by atoms with Crippen molar-refractivity contribution in [3.63, 3.8) is 0 Å². The highest BCUT2D eigenvalue weighted by Crippen LogP contribution is 2.18. The first-order valence-electron chi connectivity index (χ1n) is 9.67. The van der Waals surface area contributed by atoms with Gasteiger partial charge >= 0.3 is 0 Å². The van der Waals surface area contributed by atoms with E-state index in [2.05, 4.69) is 5.32 Å². The van der Waals surface area contributed by atoms with E-state index in [1.165, 1.54) is 18.2 Å². The fourth-order valence-electron chi connectivity index (χ4n) is 3.23. The molecule has 0 saturated carbocycles. The second-order valence-corrected chi connectivity index (χ2v) is 7.20. The van der Waals surface area contributed by atoms with E-state index in [-0.39, 0.29) is 25.0 Å². The van der Waals surface area contributed by atoms with E-state index in [1.807, 2.05) is 36.9 Å². The molecule has 2 amide bonds. The number of benzene rings is 2. The van der Waals surface area contributed by atoms with Crippen LogP contribution in [-0.2, 0) is 9.59 Å².